The van der Waals surface area contributed by atoms with Crippen LogP contribution in [0.5, 0.6) is 5.75 Å². The van der Waals surface area contributed by atoms with Gasteiger partial charge in [0.15, 0.2) is 0 Å². The molecule has 21 heavy (non-hydrogen) atoms. The highest BCUT2D eigenvalue weighted by Crippen LogP contribution is 2.18. The number of allylic oxidation sites excluding steroid dienone is 1. The zero-order chi connectivity index (χ0) is 15.5. The number of hydrogen-bond acceptors (Lipinski definition) is 3. The quantitative estimate of drug-likeness (QED) is 0.635. The molecule has 114 valence electrons. The topological polar surface area (TPSA) is 32.7 Å². The van der Waals surface area contributed by atoms with Crippen LogP contribution in [0.2, 0.25) is 0 Å². The minimum atomic E-state index is -0.554. The fourth-order valence-corrected chi connectivity index (χ4v) is 2.09. The molecule has 1 aromatic rings. The Morgan fingerprint density at radius 1 is 1.10 bits per heavy atom. The van der Waals surface area contributed by atoms with Gasteiger partial charge in [0.25, 0.3) is 0 Å². The van der Waals surface area contributed by atoms with Gasteiger partial charge in [-0.1, -0.05) is 36.4 Å². The molecule has 0 saturated carbocycles. The standard InChI is InChI=1S/C18H25NO2/c1-4-9-16-10-7-8-11-18(16)21-15-17(20)14-19(12-5-2)13-6-3/h4-8,10-11,17,20H,1-3,9,12-15H2. The Labute approximate surface area is 127 Å². The first kappa shape index (κ1) is 17.2. The monoisotopic (exact) mass is 287 g/mol. The summed E-state index contributed by atoms with van der Waals surface area (Å²) in [5, 5.41) is 10.1. The lowest BCUT2D eigenvalue weighted by molar-refractivity contribution is 0.0751. The maximum Gasteiger partial charge on any atom is 0.122 e. The molecule has 1 rings (SSSR count). The second-order valence-electron chi connectivity index (χ2n) is 4.86. The summed E-state index contributed by atoms with van der Waals surface area (Å²) in [6.45, 7) is 13.4. The van der Waals surface area contributed by atoms with Crippen molar-refractivity contribution < 1.29 is 9.84 Å². The van der Waals surface area contributed by atoms with Crippen LogP contribution in [0.15, 0.2) is 62.2 Å². The Bertz CT molecular complexity index is 446. The highest BCUT2D eigenvalue weighted by Gasteiger charge is 2.11. The van der Waals surface area contributed by atoms with Crippen molar-refractivity contribution in [2.45, 2.75) is 12.5 Å². The molecule has 0 bridgehead atoms. The zero-order valence-electron chi connectivity index (χ0n) is 12.6. The smallest absolute Gasteiger partial charge is 0.122 e. The van der Waals surface area contributed by atoms with Crippen molar-refractivity contribution in [3.8, 4) is 5.75 Å². The number of benzene rings is 1. The highest BCUT2D eigenvalue weighted by molar-refractivity contribution is 5.34. The van der Waals surface area contributed by atoms with Gasteiger partial charge in [-0.05, 0) is 18.1 Å². The number of aliphatic hydroxyl groups excluding tert-OH is 1. The Balaban J connectivity index is 2.51. The van der Waals surface area contributed by atoms with Crippen LogP contribution in [0.1, 0.15) is 5.56 Å². The van der Waals surface area contributed by atoms with Crippen LogP contribution in [0, 0.1) is 0 Å². The van der Waals surface area contributed by atoms with Crippen LogP contribution in [-0.4, -0.2) is 42.4 Å². The Kier molecular flexibility index (Phi) is 8.17. The molecule has 0 radical (unpaired) electrons. The molecule has 1 atom stereocenters. The molecule has 0 heterocycles. The third kappa shape index (κ3) is 6.43. The van der Waals surface area contributed by atoms with E-state index >= 15 is 0 Å². The van der Waals surface area contributed by atoms with Crippen LogP contribution in [-0.2, 0) is 6.42 Å². The molecule has 0 amide bonds. The predicted molar refractivity (Wildman–Crippen MR) is 88.7 cm³/mol. The third-order valence-corrected chi connectivity index (χ3v) is 3.01. The van der Waals surface area contributed by atoms with Gasteiger partial charge in [-0.25, -0.2) is 0 Å². The summed E-state index contributed by atoms with van der Waals surface area (Å²) in [4.78, 5) is 2.06. The van der Waals surface area contributed by atoms with Gasteiger partial charge in [0.2, 0.25) is 0 Å². The SMILES string of the molecule is C=CCc1ccccc1OCC(O)CN(CC=C)CC=C. The fourth-order valence-electron chi connectivity index (χ4n) is 2.09. The van der Waals surface area contributed by atoms with Crippen molar-refractivity contribution in [2.24, 2.45) is 0 Å². The number of ether oxygens (including phenoxy) is 1. The van der Waals surface area contributed by atoms with E-state index in [9.17, 15) is 5.11 Å². The van der Waals surface area contributed by atoms with Gasteiger partial charge in [0.05, 0.1) is 0 Å². The van der Waals surface area contributed by atoms with E-state index in [2.05, 4.69) is 24.6 Å². The van der Waals surface area contributed by atoms with E-state index in [4.69, 9.17) is 4.74 Å². The lowest BCUT2D eigenvalue weighted by atomic mass is 10.1. The third-order valence-electron chi connectivity index (χ3n) is 3.01. The summed E-state index contributed by atoms with van der Waals surface area (Å²) in [5.74, 6) is 0.801. The second kappa shape index (κ2) is 9.97. The molecule has 3 nitrogen and oxygen atoms in total. The molecule has 0 aliphatic rings. The molecular formula is C18H25NO2. The van der Waals surface area contributed by atoms with Gasteiger partial charge < -0.3 is 9.84 Å². The van der Waals surface area contributed by atoms with Crippen molar-refractivity contribution in [3.63, 3.8) is 0 Å². The highest BCUT2D eigenvalue weighted by atomic mass is 16.5. The van der Waals surface area contributed by atoms with Gasteiger partial charge in [0, 0.05) is 19.6 Å². The Morgan fingerprint density at radius 2 is 1.76 bits per heavy atom. The average molecular weight is 287 g/mol. The molecule has 0 fully saturated rings. The minimum absolute atomic E-state index is 0.263. The lowest BCUT2D eigenvalue weighted by Gasteiger charge is -2.22. The molecular weight excluding hydrogens is 262 g/mol. The summed E-state index contributed by atoms with van der Waals surface area (Å²) in [7, 11) is 0. The first-order valence-electron chi connectivity index (χ1n) is 7.15. The van der Waals surface area contributed by atoms with E-state index in [1.54, 1.807) is 0 Å². The summed E-state index contributed by atoms with van der Waals surface area (Å²) < 4.78 is 5.73. The maximum absolute atomic E-state index is 10.1. The van der Waals surface area contributed by atoms with Crippen LogP contribution >= 0.6 is 0 Å². The molecule has 1 aromatic carbocycles. The fraction of sp³-hybridized carbons (Fsp3) is 0.333. The number of aliphatic hydroxyl groups is 1. The van der Waals surface area contributed by atoms with E-state index in [1.165, 1.54) is 0 Å². The predicted octanol–water partition coefficient (Wildman–Crippen LogP) is 2.83. The summed E-state index contributed by atoms with van der Waals surface area (Å²) in [5.41, 5.74) is 1.08. The number of hydrogen-bond donors (Lipinski definition) is 1. The van der Waals surface area contributed by atoms with Crippen LogP contribution in [0.4, 0.5) is 0 Å². The lowest BCUT2D eigenvalue weighted by Crippen LogP contribution is -2.36. The molecule has 0 saturated heterocycles. The van der Waals surface area contributed by atoms with E-state index in [0.29, 0.717) is 6.54 Å². The number of nitrogens with zero attached hydrogens (tertiary/aromatic N) is 1. The normalized spacial score (nSPS) is 11.9. The second-order valence-corrected chi connectivity index (χ2v) is 4.86. The molecule has 0 aliphatic heterocycles. The van der Waals surface area contributed by atoms with Crippen molar-refractivity contribution in [2.75, 3.05) is 26.2 Å². The zero-order valence-corrected chi connectivity index (χ0v) is 12.6. The van der Waals surface area contributed by atoms with Gasteiger partial charge in [-0.2, -0.15) is 0 Å². The molecule has 3 heteroatoms. The number of rotatable bonds is 11. The van der Waals surface area contributed by atoms with Gasteiger partial charge in [-0.15, -0.1) is 19.7 Å². The van der Waals surface area contributed by atoms with Crippen molar-refractivity contribution in [1.29, 1.82) is 0 Å². The first-order valence-corrected chi connectivity index (χ1v) is 7.15. The van der Waals surface area contributed by atoms with Crippen molar-refractivity contribution in [1.82, 2.24) is 4.90 Å². The number of para-hydroxylation sites is 1. The molecule has 0 aliphatic carbocycles. The molecule has 1 N–H and O–H groups in total. The minimum Gasteiger partial charge on any atom is -0.491 e. The summed E-state index contributed by atoms with van der Waals surface area (Å²) >= 11 is 0. The maximum atomic E-state index is 10.1. The van der Waals surface area contributed by atoms with E-state index in [-0.39, 0.29) is 6.61 Å². The van der Waals surface area contributed by atoms with Crippen LogP contribution < -0.4 is 4.74 Å². The van der Waals surface area contributed by atoms with Crippen LogP contribution in [0.3, 0.4) is 0 Å². The molecule has 0 aromatic heterocycles. The van der Waals surface area contributed by atoms with Gasteiger partial charge in [-0.3, -0.25) is 4.90 Å². The van der Waals surface area contributed by atoms with E-state index in [0.717, 1.165) is 30.8 Å². The van der Waals surface area contributed by atoms with Crippen molar-refractivity contribution in [3.05, 3.63) is 67.8 Å². The first-order chi connectivity index (χ1) is 10.2. The Morgan fingerprint density at radius 3 is 2.38 bits per heavy atom. The van der Waals surface area contributed by atoms with E-state index < -0.39 is 6.10 Å². The molecule has 0 spiro atoms. The van der Waals surface area contributed by atoms with Crippen LogP contribution in [0.25, 0.3) is 0 Å². The summed E-state index contributed by atoms with van der Waals surface area (Å²) in [6, 6.07) is 7.82. The van der Waals surface area contributed by atoms with Gasteiger partial charge >= 0.3 is 0 Å². The van der Waals surface area contributed by atoms with Crippen molar-refractivity contribution >= 4 is 0 Å². The average Bonchev–Trinajstić information content (AvgIpc) is 2.47. The Hall–Kier alpha value is -1.84. The largest absolute Gasteiger partial charge is 0.491 e. The summed E-state index contributed by atoms with van der Waals surface area (Å²) in [6.07, 6.45) is 5.67. The van der Waals surface area contributed by atoms with Gasteiger partial charge in [0.1, 0.15) is 18.5 Å². The van der Waals surface area contributed by atoms with E-state index in [1.807, 2.05) is 42.5 Å². The molecule has 1 unspecified atom stereocenters.